The Hall–Kier alpha value is -2.78. The molecule has 0 aliphatic carbocycles. The van der Waals surface area contributed by atoms with E-state index in [1.165, 1.54) is 16.0 Å². The first-order valence-corrected chi connectivity index (χ1v) is 10.0. The van der Waals surface area contributed by atoms with Crippen molar-refractivity contribution in [2.24, 2.45) is 0 Å². The average Bonchev–Trinajstić information content (AvgIpc) is 2.70. The molecule has 1 aliphatic heterocycles. The summed E-state index contributed by atoms with van der Waals surface area (Å²) in [6, 6.07) is 25.3. The molecule has 0 aromatic heterocycles. The first-order valence-electron chi connectivity index (χ1n) is 10.0. The summed E-state index contributed by atoms with van der Waals surface area (Å²) in [5, 5.41) is 10.8. The predicted molar refractivity (Wildman–Crippen MR) is 112 cm³/mol. The van der Waals surface area contributed by atoms with Crippen LogP contribution < -0.4 is 9.64 Å². The minimum absolute atomic E-state index is 0.238. The van der Waals surface area contributed by atoms with Crippen LogP contribution in [-0.4, -0.2) is 11.1 Å². The Morgan fingerprint density at radius 3 is 2.25 bits per heavy atom. The summed E-state index contributed by atoms with van der Waals surface area (Å²) in [5.74, 6) is 1.09. The lowest BCUT2D eigenvalue weighted by atomic mass is 9.88. The van der Waals surface area contributed by atoms with Gasteiger partial charge < -0.3 is 14.7 Å². The molecule has 0 bridgehead atoms. The van der Waals surface area contributed by atoms with Crippen LogP contribution in [0.4, 0.5) is 0 Å². The third kappa shape index (κ3) is 3.90. The number of fused-ring (bicyclic) bond motifs is 1. The van der Waals surface area contributed by atoms with Crippen LogP contribution in [0.15, 0.2) is 72.8 Å². The van der Waals surface area contributed by atoms with Gasteiger partial charge in [0.05, 0.1) is 11.6 Å². The van der Waals surface area contributed by atoms with Crippen LogP contribution in [0.25, 0.3) is 0 Å². The van der Waals surface area contributed by atoms with Crippen LogP contribution in [-0.2, 0) is 19.6 Å². The number of nitrogens with one attached hydrogen (secondary N) is 1. The van der Waals surface area contributed by atoms with Gasteiger partial charge in [-0.2, -0.15) is 0 Å². The first-order chi connectivity index (χ1) is 13.6. The van der Waals surface area contributed by atoms with Gasteiger partial charge in [0.2, 0.25) is 0 Å². The van der Waals surface area contributed by atoms with Gasteiger partial charge in [-0.05, 0) is 31.0 Å². The molecule has 144 valence electrons. The lowest BCUT2D eigenvalue weighted by molar-refractivity contribution is -0.967. The van der Waals surface area contributed by atoms with E-state index in [0.717, 1.165) is 29.8 Å². The molecule has 0 radical (unpaired) electrons. The van der Waals surface area contributed by atoms with Crippen molar-refractivity contribution in [3.63, 3.8) is 0 Å². The molecule has 3 aromatic rings. The average molecular weight is 375 g/mol. The molecule has 0 fully saturated rings. The van der Waals surface area contributed by atoms with Crippen molar-refractivity contribution in [1.29, 1.82) is 0 Å². The van der Waals surface area contributed by atoms with Crippen molar-refractivity contribution >= 4 is 0 Å². The number of phenols is 1. The van der Waals surface area contributed by atoms with Crippen molar-refractivity contribution < 1.29 is 14.7 Å². The van der Waals surface area contributed by atoms with Crippen molar-refractivity contribution in [1.82, 2.24) is 0 Å². The molecule has 0 saturated heterocycles. The maximum Gasteiger partial charge on any atom is 0.128 e. The number of hydrogen-bond acceptors (Lipinski definition) is 2. The van der Waals surface area contributed by atoms with E-state index >= 15 is 0 Å². The molecule has 2 N–H and O–H groups in total. The topological polar surface area (TPSA) is 33.9 Å². The zero-order chi connectivity index (χ0) is 19.5. The molecule has 0 spiro atoms. The van der Waals surface area contributed by atoms with Crippen molar-refractivity contribution in [3.8, 4) is 11.5 Å². The Balaban J connectivity index is 1.54. The van der Waals surface area contributed by atoms with E-state index in [1.807, 2.05) is 30.3 Å². The summed E-state index contributed by atoms with van der Waals surface area (Å²) in [6.07, 6.45) is 0.942. The van der Waals surface area contributed by atoms with Gasteiger partial charge in [0.15, 0.2) is 0 Å². The molecule has 1 unspecified atom stereocenters. The van der Waals surface area contributed by atoms with Crippen LogP contribution in [0, 0.1) is 0 Å². The van der Waals surface area contributed by atoms with Crippen molar-refractivity contribution in [2.75, 3.05) is 0 Å². The van der Waals surface area contributed by atoms with Gasteiger partial charge >= 0.3 is 0 Å². The van der Waals surface area contributed by atoms with E-state index in [0.29, 0.717) is 18.4 Å². The van der Waals surface area contributed by atoms with Gasteiger partial charge in [-0.1, -0.05) is 60.7 Å². The summed E-state index contributed by atoms with van der Waals surface area (Å²) in [4.78, 5) is 1.49. The van der Waals surface area contributed by atoms with Gasteiger partial charge in [0, 0.05) is 18.1 Å². The number of benzene rings is 3. The van der Waals surface area contributed by atoms with Gasteiger partial charge in [-0.25, -0.2) is 0 Å². The minimum atomic E-state index is 0.238. The monoisotopic (exact) mass is 374 g/mol. The van der Waals surface area contributed by atoms with Gasteiger partial charge in [0.25, 0.3) is 0 Å². The van der Waals surface area contributed by atoms with Crippen LogP contribution in [0.1, 0.15) is 42.1 Å². The molecule has 3 aromatic carbocycles. The summed E-state index contributed by atoms with van der Waals surface area (Å²) in [5.41, 5.74) is 4.73. The molecule has 0 saturated carbocycles. The lowest BCUT2D eigenvalue weighted by Gasteiger charge is -2.37. The third-order valence-electron chi connectivity index (χ3n) is 5.87. The molecule has 0 amide bonds. The number of quaternary nitrogens is 1. The van der Waals surface area contributed by atoms with Gasteiger partial charge in [0.1, 0.15) is 30.7 Å². The Kier molecular flexibility index (Phi) is 5.36. The number of hydrogen-bond donors (Lipinski definition) is 2. The zero-order valence-electron chi connectivity index (χ0n) is 16.6. The fourth-order valence-electron chi connectivity index (χ4n) is 4.39. The summed E-state index contributed by atoms with van der Waals surface area (Å²) in [7, 11) is 0. The highest BCUT2D eigenvalue weighted by Crippen LogP contribution is 2.35. The Morgan fingerprint density at radius 1 is 0.929 bits per heavy atom. The Labute approximate surface area is 167 Å². The molecule has 3 atom stereocenters. The summed E-state index contributed by atoms with van der Waals surface area (Å²) >= 11 is 0. The number of aromatic hydroxyl groups is 1. The van der Waals surface area contributed by atoms with Crippen LogP contribution in [0.5, 0.6) is 11.5 Å². The molecule has 3 heteroatoms. The predicted octanol–water partition coefficient (Wildman–Crippen LogP) is 4.06. The van der Waals surface area contributed by atoms with E-state index in [2.05, 4.69) is 50.2 Å². The lowest BCUT2D eigenvalue weighted by Crippen LogP contribution is -3.15. The second-order valence-electron chi connectivity index (χ2n) is 7.85. The van der Waals surface area contributed by atoms with E-state index in [9.17, 15) is 5.11 Å². The fraction of sp³-hybridized carbons (Fsp3) is 0.280. The van der Waals surface area contributed by atoms with E-state index in [1.54, 1.807) is 6.07 Å². The van der Waals surface area contributed by atoms with Crippen molar-refractivity contribution in [2.45, 2.75) is 45.5 Å². The van der Waals surface area contributed by atoms with Crippen LogP contribution >= 0.6 is 0 Å². The molecule has 3 nitrogen and oxygen atoms in total. The smallest absolute Gasteiger partial charge is 0.128 e. The fourth-order valence-corrected chi connectivity index (χ4v) is 4.39. The number of ether oxygens (including phenoxy) is 1. The highest BCUT2D eigenvalue weighted by Gasteiger charge is 2.35. The zero-order valence-corrected chi connectivity index (χ0v) is 16.6. The van der Waals surface area contributed by atoms with Gasteiger partial charge in [-0.3, -0.25) is 0 Å². The Morgan fingerprint density at radius 2 is 1.57 bits per heavy atom. The van der Waals surface area contributed by atoms with E-state index < -0.39 is 0 Å². The first kappa shape index (κ1) is 18.6. The van der Waals surface area contributed by atoms with Crippen LogP contribution in [0.3, 0.4) is 0 Å². The molecule has 1 heterocycles. The quantitative estimate of drug-likeness (QED) is 0.706. The summed E-state index contributed by atoms with van der Waals surface area (Å²) in [6.45, 7) is 5.99. The minimum Gasteiger partial charge on any atom is -0.507 e. The third-order valence-corrected chi connectivity index (χ3v) is 5.87. The Bertz CT molecular complexity index is 924. The number of phenolic OH excluding ortho intramolecular Hbond substituents is 1. The molecule has 28 heavy (non-hydrogen) atoms. The maximum atomic E-state index is 10.8. The molecular formula is C25H28NO2+. The normalized spacial score (nSPS) is 21.1. The second-order valence-corrected chi connectivity index (χ2v) is 7.85. The second kappa shape index (κ2) is 8.07. The van der Waals surface area contributed by atoms with E-state index in [-0.39, 0.29) is 6.04 Å². The molecular weight excluding hydrogens is 346 g/mol. The highest BCUT2D eigenvalue weighted by molar-refractivity contribution is 5.48. The van der Waals surface area contributed by atoms with Crippen molar-refractivity contribution in [3.05, 3.63) is 95.1 Å². The van der Waals surface area contributed by atoms with Crippen LogP contribution in [0.2, 0.25) is 0 Å². The molecule has 4 rings (SSSR count). The highest BCUT2D eigenvalue weighted by atomic mass is 16.5. The summed E-state index contributed by atoms with van der Waals surface area (Å²) < 4.78 is 5.97. The van der Waals surface area contributed by atoms with Gasteiger partial charge in [-0.15, -0.1) is 0 Å². The standard InChI is InChI=1S/C25H27NO2/c1-18-13-22-14-23(28-17-21-11-7-4-8-12-21)15-24(27)25(22)19(2)26(18)16-20-9-5-3-6-10-20/h3-12,14-15,18-19,27H,13,16-17H2,1-2H3/p+1/t18-,19-/m1/s1. The number of rotatable bonds is 5. The van der Waals surface area contributed by atoms with E-state index in [4.69, 9.17) is 4.74 Å². The largest absolute Gasteiger partial charge is 0.507 e. The SMILES string of the molecule is C[C@@H]1Cc2cc(OCc3ccccc3)cc(O)c2[C@@H](C)[NH+]1Cc1ccccc1. The maximum absolute atomic E-state index is 10.8. The molecule has 1 aliphatic rings.